The largest absolute Gasteiger partial charge is 0.388 e. The van der Waals surface area contributed by atoms with Gasteiger partial charge >= 0.3 is 0 Å². The van der Waals surface area contributed by atoms with Crippen LogP contribution in [-0.2, 0) is 0 Å². The van der Waals surface area contributed by atoms with Crippen LogP contribution in [0.4, 0.5) is 5.82 Å². The van der Waals surface area contributed by atoms with Crippen molar-refractivity contribution in [1.29, 1.82) is 0 Å². The Morgan fingerprint density at radius 2 is 1.82 bits per heavy atom. The zero-order chi connectivity index (χ0) is 19.5. The van der Waals surface area contributed by atoms with Crippen molar-refractivity contribution in [1.82, 2.24) is 9.88 Å². The second-order valence-electron chi connectivity index (χ2n) is 7.52. The second kappa shape index (κ2) is 8.60. The third-order valence-corrected chi connectivity index (χ3v) is 6.62. The van der Waals surface area contributed by atoms with Gasteiger partial charge in [-0.15, -0.1) is 11.3 Å². The lowest BCUT2D eigenvalue weighted by molar-refractivity contribution is 0.166. The lowest BCUT2D eigenvalue weighted by Gasteiger charge is -2.35. The Morgan fingerprint density at radius 3 is 2.50 bits per heavy atom. The number of rotatable bonds is 6. The summed E-state index contributed by atoms with van der Waals surface area (Å²) >= 11 is 1.78. The number of hydrogen-bond donors (Lipinski definition) is 1. The molecule has 4 rings (SSSR count). The van der Waals surface area contributed by atoms with Crippen molar-refractivity contribution in [2.24, 2.45) is 0 Å². The van der Waals surface area contributed by atoms with Gasteiger partial charge in [-0.05, 0) is 41.4 Å². The summed E-state index contributed by atoms with van der Waals surface area (Å²) in [4.78, 5) is 10.0. The molecule has 1 aromatic carbocycles. The van der Waals surface area contributed by atoms with Gasteiger partial charge in [0.1, 0.15) is 5.82 Å². The molecule has 5 heteroatoms. The summed E-state index contributed by atoms with van der Waals surface area (Å²) in [5, 5.41) is 13.6. The number of benzene rings is 1. The van der Waals surface area contributed by atoms with E-state index in [9.17, 15) is 5.11 Å². The highest BCUT2D eigenvalue weighted by molar-refractivity contribution is 7.17. The van der Waals surface area contributed by atoms with Gasteiger partial charge in [-0.3, -0.25) is 0 Å². The van der Waals surface area contributed by atoms with Gasteiger partial charge in [-0.25, -0.2) is 4.98 Å². The van der Waals surface area contributed by atoms with Crippen molar-refractivity contribution in [3.05, 3.63) is 47.3 Å². The normalized spacial score (nSPS) is 16.6. The number of hydrogen-bond acceptors (Lipinski definition) is 5. The van der Waals surface area contributed by atoms with Crippen LogP contribution in [0, 0.1) is 0 Å². The third-order valence-electron chi connectivity index (χ3n) is 5.69. The standard InChI is InChI=1S/C23H29N3OS/c1-3-5-21(27)18-8-6-17(7-9-18)20-16-19-10-15-28-22(19)23(24-20)26-13-11-25(4-2)12-14-26/h6-10,15-16,21,27H,3-5,11-14H2,1-2H3. The van der Waals surface area contributed by atoms with Gasteiger partial charge < -0.3 is 14.9 Å². The zero-order valence-corrected chi connectivity index (χ0v) is 17.6. The smallest absolute Gasteiger partial charge is 0.147 e. The van der Waals surface area contributed by atoms with Crippen LogP contribution in [0.25, 0.3) is 21.3 Å². The van der Waals surface area contributed by atoms with Crippen LogP contribution in [0.5, 0.6) is 0 Å². The number of pyridine rings is 1. The van der Waals surface area contributed by atoms with Gasteiger partial charge in [0.05, 0.1) is 16.5 Å². The van der Waals surface area contributed by atoms with E-state index in [2.05, 4.69) is 53.3 Å². The number of aromatic nitrogens is 1. The molecule has 0 bridgehead atoms. The first-order valence-corrected chi connectivity index (χ1v) is 11.2. The fourth-order valence-corrected chi connectivity index (χ4v) is 4.81. The van der Waals surface area contributed by atoms with Crippen LogP contribution in [0.15, 0.2) is 41.8 Å². The van der Waals surface area contributed by atoms with Gasteiger partial charge in [0, 0.05) is 31.7 Å². The van der Waals surface area contributed by atoms with E-state index in [4.69, 9.17) is 4.98 Å². The minimum atomic E-state index is -0.378. The van der Waals surface area contributed by atoms with Crippen molar-refractivity contribution < 1.29 is 5.11 Å². The number of anilines is 1. The number of aliphatic hydroxyl groups excluding tert-OH is 1. The third kappa shape index (κ3) is 3.93. The van der Waals surface area contributed by atoms with Crippen LogP contribution in [0.2, 0.25) is 0 Å². The first kappa shape index (κ1) is 19.4. The van der Waals surface area contributed by atoms with Crippen LogP contribution in [0.3, 0.4) is 0 Å². The molecule has 1 saturated heterocycles. The maximum absolute atomic E-state index is 10.2. The van der Waals surface area contributed by atoms with Crippen molar-refractivity contribution in [2.75, 3.05) is 37.6 Å². The Morgan fingerprint density at radius 1 is 1.07 bits per heavy atom. The first-order chi connectivity index (χ1) is 13.7. The van der Waals surface area contributed by atoms with E-state index < -0.39 is 0 Å². The molecule has 3 aromatic rings. The zero-order valence-electron chi connectivity index (χ0n) is 16.8. The van der Waals surface area contributed by atoms with E-state index in [-0.39, 0.29) is 6.10 Å². The second-order valence-corrected chi connectivity index (χ2v) is 8.43. The van der Waals surface area contributed by atoms with E-state index in [0.29, 0.717) is 0 Å². The summed E-state index contributed by atoms with van der Waals surface area (Å²) < 4.78 is 1.28. The Kier molecular flexibility index (Phi) is 5.95. The van der Waals surface area contributed by atoms with Gasteiger partial charge in [0.2, 0.25) is 0 Å². The number of likely N-dealkylation sites (N-methyl/N-ethyl adjacent to an activating group) is 1. The van der Waals surface area contributed by atoms with Gasteiger partial charge in [-0.1, -0.05) is 44.5 Å². The fraction of sp³-hybridized carbons (Fsp3) is 0.435. The molecule has 1 aliphatic heterocycles. The maximum atomic E-state index is 10.2. The predicted molar refractivity (Wildman–Crippen MR) is 119 cm³/mol. The number of piperazine rings is 1. The molecule has 2 aromatic heterocycles. The van der Waals surface area contributed by atoms with Crippen LogP contribution >= 0.6 is 11.3 Å². The Bertz CT molecular complexity index is 913. The summed E-state index contributed by atoms with van der Waals surface area (Å²) in [5.41, 5.74) is 3.10. The molecular formula is C23H29N3OS. The summed E-state index contributed by atoms with van der Waals surface area (Å²) in [6.07, 6.45) is 1.40. The number of thiophene rings is 1. The highest BCUT2D eigenvalue weighted by Gasteiger charge is 2.20. The Balaban J connectivity index is 1.65. The van der Waals surface area contributed by atoms with Crippen molar-refractivity contribution in [3.63, 3.8) is 0 Å². The number of aliphatic hydroxyl groups is 1. The molecule has 28 heavy (non-hydrogen) atoms. The van der Waals surface area contributed by atoms with Crippen molar-refractivity contribution in [2.45, 2.75) is 32.8 Å². The molecular weight excluding hydrogens is 366 g/mol. The highest BCUT2D eigenvalue weighted by Crippen LogP contribution is 2.34. The molecule has 0 amide bonds. The SMILES string of the molecule is CCCC(O)c1ccc(-c2cc3ccsc3c(N3CCN(CC)CC3)n2)cc1. The average molecular weight is 396 g/mol. The lowest BCUT2D eigenvalue weighted by Crippen LogP contribution is -2.46. The van der Waals surface area contributed by atoms with Crippen LogP contribution in [-0.4, -0.2) is 47.7 Å². The van der Waals surface area contributed by atoms with E-state index in [0.717, 1.165) is 68.2 Å². The monoisotopic (exact) mass is 395 g/mol. The lowest BCUT2D eigenvalue weighted by atomic mass is 10.0. The molecule has 4 nitrogen and oxygen atoms in total. The Labute approximate surface area is 171 Å². The molecule has 3 heterocycles. The maximum Gasteiger partial charge on any atom is 0.147 e. The summed E-state index contributed by atoms with van der Waals surface area (Å²) in [7, 11) is 0. The minimum absolute atomic E-state index is 0.378. The average Bonchev–Trinajstić information content (AvgIpc) is 3.22. The Hall–Kier alpha value is -1.95. The molecule has 1 aliphatic rings. The molecule has 0 saturated carbocycles. The van der Waals surface area contributed by atoms with E-state index in [1.165, 1.54) is 10.1 Å². The van der Waals surface area contributed by atoms with E-state index in [1.54, 1.807) is 11.3 Å². The molecule has 1 N–H and O–H groups in total. The summed E-state index contributed by atoms with van der Waals surface area (Å²) in [5.74, 6) is 1.12. The molecule has 0 spiro atoms. The van der Waals surface area contributed by atoms with Crippen molar-refractivity contribution >= 4 is 27.2 Å². The molecule has 1 atom stereocenters. The quantitative estimate of drug-likeness (QED) is 0.642. The van der Waals surface area contributed by atoms with E-state index >= 15 is 0 Å². The van der Waals surface area contributed by atoms with Crippen LogP contribution in [0.1, 0.15) is 38.4 Å². The van der Waals surface area contributed by atoms with Gasteiger partial charge in [0.25, 0.3) is 0 Å². The number of nitrogens with zero attached hydrogens (tertiary/aromatic N) is 3. The molecule has 148 valence electrons. The van der Waals surface area contributed by atoms with Crippen molar-refractivity contribution in [3.8, 4) is 11.3 Å². The van der Waals surface area contributed by atoms with E-state index in [1.807, 2.05) is 12.1 Å². The highest BCUT2D eigenvalue weighted by atomic mass is 32.1. The number of fused-ring (bicyclic) bond motifs is 1. The summed E-state index contributed by atoms with van der Waals surface area (Å²) in [6, 6.07) is 12.6. The molecule has 0 aliphatic carbocycles. The van der Waals surface area contributed by atoms with Gasteiger partial charge in [0.15, 0.2) is 0 Å². The molecule has 1 fully saturated rings. The summed E-state index contributed by atoms with van der Waals surface area (Å²) in [6.45, 7) is 9.69. The molecule has 1 unspecified atom stereocenters. The first-order valence-electron chi connectivity index (χ1n) is 10.3. The van der Waals surface area contributed by atoms with Crippen LogP contribution < -0.4 is 4.90 Å². The molecule has 0 radical (unpaired) electrons. The van der Waals surface area contributed by atoms with Gasteiger partial charge in [-0.2, -0.15) is 0 Å². The topological polar surface area (TPSA) is 39.6 Å². The predicted octanol–water partition coefficient (Wildman–Crippen LogP) is 4.94. The minimum Gasteiger partial charge on any atom is -0.388 e. The fourth-order valence-electron chi connectivity index (χ4n) is 3.91.